The maximum absolute atomic E-state index is 12.7. The van der Waals surface area contributed by atoms with Gasteiger partial charge in [0.05, 0.1) is 4.90 Å². The highest BCUT2D eigenvalue weighted by Crippen LogP contribution is 2.24. The molecule has 4 nitrogen and oxygen atoms in total. The first-order valence-electron chi connectivity index (χ1n) is 8.79. The van der Waals surface area contributed by atoms with Crippen molar-refractivity contribution in [1.29, 1.82) is 5.26 Å². The quantitative estimate of drug-likeness (QED) is 0.486. The molecule has 0 aliphatic rings. The summed E-state index contributed by atoms with van der Waals surface area (Å²) in [7, 11) is -3.94. The van der Waals surface area contributed by atoms with E-state index in [0.29, 0.717) is 22.9 Å². The van der Waals surface area contributed by atoms with Crippen molar-refractivity contribution >= 4 is 27.5 Å². The summed E-state index contributed by atoms with van der Waals surface area (Å²) in [4.78, 5) is -0.336. The fraction of sp³-hybridized carbons (Fsp3) is 0.0870. The van der Waals surface area contributed by atoms with Crippen molar-refractivity contribution in [3.8, 4) is 11.8 Å². The lowest BCUT2D eigenvalue weighted by Crippen LogP contribution is -2.03. The van der Waals surface area contributed by atoms with Crippen LogP contribution in [0.15, 0.2) is 82.6 Å². The zero-order valence-electron chi connectivity index (χ0n) is 15.7. The molecule has 29 heavy (non-hydrogen) atoms. The van der Waals surface area contributed by atoms with E-state index in [1.54, 1.807) is 30.3 Å². The summed E-state index contributed by atoms with van der Waals surface area (Å²) >= 11 is 5.82. The van der Waals surface area contributed by atoms with Crippen molar-refractivity contribution in [3.63, 3.8) is 0 Å². The molecule has 0 N–H and O–H groups in total. The Hall–Kier alpha value is -3.07. The highest BCUT2D eigenvalue weighted by molar-refractivity contribution is 7.95. The molecule has 0 aliphatic heterocycles. The standard InChI is InChI=1S/C23H18ClNO3S/c1-17-5-7-18(8-6-17)16-28-21-4-2-3-19(13-21)14-23(15-25)29(26,27)22-11-9-20(24)10-12-22/h2-14H,16H2,1H3/b23-14+. The minimum Gasteiger partial charge on any atom is -0.489 e. The lowest BCUT2D eigenvalue weighted by atomic mass is 10.1. The van der Waals surface area contributed by atoms with Gasteiger partial charge in [0.2, 0.25) is 9.84 Å². The Labute approximate surface area is 175 Å². The van der Waals surface area contributed by atoms with Gasteiger partial charge in [-0.1, -0.05) is 53.6 Å². The number of benzene rings is 3. The van der Waals surface area contributed by atoms with E-state index in [-0.39, 0.29) is 9.80 Å². The van der Waals surface area contributed by atoms with E-state index < -0.39 is 9.84 Å². The average Bonchev–Trinajstić information content (AvgIpc) is 2.72. The van der Waals surface area contributed by atoms with Crippen LogP contribution in [0, 0.1) is 18.3 Å². The van der Waals surface area contributed by atoms with Crippen molar-refractivity contribution in [1.82, 2.24) is 0 Å². The van der Waals surface area contributed by atoms with E-state index in [2.05, 4.69) is 0 Å². The van der Waals surface area contributed by atoms with Gasteiger partial charge in [-0.25, -0.2) is 8.42 Å². The molecule has 3 aromatic rings. The van der Waals surface area contributed by atoms with Gasteiger partial charge in [-0.15, -0.1) is 0 Å². The highest BCUT2D eigenvalue weighted by atomic mass is 35.5. The van der Waals surface area contributed by atoms with Gasteiger partial charge in [0.15, 0.2) is 0 Å². The molecule has 146 valence electrons. The van der Waals surface area contributed by atoms with Crippen molar-refractivity contribution in [2.24, 2.45) is 0 Å². The third kappa shape index (κ3) is 5.26. The van der Waals surface area contributed by atoms with Crippen LogP contribution in [0.1, 0.15) is 16.7 Å². The predicted octanol–water partition coefficient (Wildman–Crippen LogP) is 5.57. The van der Waals surface area contributed by atoms with Crippen LogP contribution in [0.3, 0.4) is 0 Å². The molecule has 6 heteroatoms. The summed E-state index contributed by atoms with van der Waals surface area (Å²) in [5.41, 5.74) is 2.76. The lowest BCUT2D eigenvalue weighted by Gasteiger charge is -2.08. The number of rotatable bonds is 6. The van der Waals surface area contributed by atoms with Crippen LogP contribution in [0.2, 0.25) is 5.02 Å². The molecule has 0 fully saturated rings. The van der Waals surface area contributed by atoms with E-state index in [1.807, 2.05) is 31.2 Å². The van der Waals surface area contributed by atoms with Crippen LogP contribution in [0.4, 0.5) is 0 Å². The number of sulfone groups is 1. The number of allylic oxidation sites excluding steroid dienone is 1. The van der Waals surface area contributed by atoms with Crippen molar-refractivity contribution in [2.45, 2.75) is 18.4 Å². The topological polar surface area (TPSA) is 67.2 Å². The molecule has 0 saturated carbocycles. The van der Waals surface area contributed by atoms with Crippen molar-refractivity contribution in [3.05, 3.63) is 99.4 Å². The molecule has 3 aromatic carbocycles. The van der Waals surface area contributed by atoms with Gasteiger partial charge in [0, 0.05) is 5.02 Å². The maximum Gasteiger partial charge on any atom is 0.216 e. The fourth-order valence-electron chi connectivity index (χ4n) is 2.61. The highest BCUT2D eigenvalue weighted by Gasteiger charge is 2.20. The lowest BCUT2D eigenvalue weighted by molar-refractivity contribution is 0.306. The van der Waals surface area contributed by atoms with E-state index in [4.69, 9.17) is 16.3 Å². The second kappa shape index (κ2) is 8.95. The molecule has 0 atom stereocenters. The largest absolute Gasteiger partial charge is 0.489 e. The summed E-state index contributed by atoms with van der Waals surface area (Å²) < 4.78 is 31.3. The molecular weight excluding hydrogens is 406 g/mol. The number of hydrogen-bond acceptors (Lipinski definition) is 4. The summed E-state index contributed by atoms with van der Waals surface area (Å²) in [6.45, 7) is 2.41. The molecule has 0 bridgehead atoms. The van der Waals surface area contributed by atoms with Gasteiger partial charge in [0.25, 0.3) is 0 Å². The molecule has 0 unspecified atom stereocenters. The minimum absolute atomic E-state index is 0.0153. The molecule has 0 spiro atoms. The minimum atomic E-state index is -3.94. The van der Waals surface area contributed by atoms with Crippen LogP contribution < -0.4 is 4.74 Å². The summed E-state index contributed by atoms with van der Waals surface area (Å²) in [6.07, 6.45) is 1.34. The Morgan fingerprint density at radius 1 is 1.07 bits per heavy atom. The molecule has 0 aliphatic carbocycles. The average molecular weight is 424 g/mol. The zero-order valence-corrected chi connectivity index (χ0v) is 17.2. The second-order valence-electron chi connectivity index (χ2n) is 6.42. The first kappa shape index (κ1) is 20.7. The molecular formula is C23H18ClNO3S. The third-order valence-electron chi connectivity index (χ3n) is 4.21. The summed E-state index contributed by atoms with van der Waals surface area (Å²) in [5, 5.41) is 9.85. The van der Waals surface area contributed by atoms with Gasteiger partial charge in [-0.2, -0.15) is 5.26 Å². The van der Waals surface area contributed by atoms with Crippen LogP contribution in [0.5, 0.6) is 5.75 Å². The van der Waals surface area contributed by atoms with Gasteiger partial charge < -0.3 is 4.74 Å². The van der Waals surface area contributed by atoms with E-state index >= 15 is 0 Å². The van der Waals surface area contributed by atoms with Crippen LogP contribution in [-0.4, -0.2) is 8.42 Å². The molecule has 0 radical (unpaired) electrons. The third-order valence-corrected chi connectivity index (χ3v) is 6.14. The molecule has 0 amide bonds. The van der Waals surface area contributed by atoms with E-state index in [1.165, 1.54) is 35.9 Å². The molecule has 0 saturated heterocycles. The number of ether oxygens (including phenoxy) is 1. The smallest absolute Gasteiger partial charge is 0.216 e. The van der Waals surface area contributed by atoms with Crippen LogP contribution >= 0.6 is 11.6 Å². The molecule has 0 aromatic heterocycles. The maximum atomic E-state index is 12.7. The van der Waals surface area contributed by atoms with Crippen LogP contribution in [0.25, 0.3) is 6.08 Å². The van der Waals surface area contributed by atoms with E-state index in [0.717, 1.165) is 5.56 Å². The number of nitrogens with zero attached hydrogens (tertiary/aromatic N) is 1. The van der Waals surface area contributed by atoms with Gasteiger partial charge in [0.1, 0.15) is 23.3 Å². The number of hydrogen-bond donors (Lipinski definition) is 0. The van der Waals surface area contributed by atoms with Gasteiger partial charge in [-0.05, 0) is 60.5 Å². The van der Waals surface area contributed by atoms with Gasteiger partial charge in [-0.3, -0.25) is 0 Å². The fourth-order valence-corrected chi connectivity index (χ4v) is 3.89. The zero-order chi connectivity index (χ0) is 20.9. The predicted molar refractivity (Wildman–Crippen MR) is 114 cm³/mol. The summed E-state index contributed by atoms with van der Waals surface area (Å²) in [6, 6.07) is 22.4. The molecule has 0 heterocycles. The Morgan fingerprint density at radius 2 is 1.76 bits per heavy atom. The summed E-state index contributed by atoms with van der Waals surface area (Å²) in [5.74, 6) is 0.584. The first-order valence-corrected chi connectivity index (χ1v) is 10.7. The Kier molecular flexibility index (Phi) is 6.38. The number of aryl methyl sites for hydroxylation is 1. The van der Waals surface area contributed by atoms with Gasteiger partial charge >= 0.3 is 0 Å². The van der Waals surface area contributed by atoms with Crippen LogP contribution in [-0.2, 0) is 16.4 Å². The first-order chi connectivity index (χ1) is 13.9. The van der Waals surface area contributed by atoms with Crippen molar-refractivity contribution < 1.29 is 13.2 Å². The van der Waals surface area contributed by atoms with Crippen molar-refractivity contribution in [2.75, 3.05) is 0 Å². The van der Waals surface area contributed by atoms with E-state index in [9.17, 15) is 13.7 Å². The number of halogens is 1. The normalized spacial score (nSPS) is 11.7. The second-order valence-corrected chi connectivity index (χ2v) is 8.78. The molecule has 3 rings (SSSR count). The SMILES string of the molecule is Cc1ccc(COc2cccc(/C=C(\C#N)S(=O)(=O)c3ccc(Cl)cc3)c2)cc1. The number of nitriles is 1. The Morgan fingerprint density at radius 3 is 2.41 bits per heavy atom. The monoisotopic (exact) mass is 423 g/mol. The Bertz CT molecular complexity index is 1180. The Balaban J connectivity index is 1.82.